The molecule has 0 radical (unpaired) electrons. The number of H-pyrrole nitrogens is 1. The van der Waals surface area contributed by atoms with E-state index >= 15 is 0 Å². The Kier molecular flexibility index (Phi) is 5.35. The molecule has 0 amide bonds. The number of ether oxygens (including phenoxy) is 2. The zero-order valence-electron chi connectivity index (χ0n) is 19.2. The third kappa shape index (κ3) is 3.65. The number of nitrogens with zero attached hydrogens (tertiary/aromatic N) is 2. The lowest BCUT2D eigenvalue weighted by Crippen LogP contribution is -2.34. The van der Waals surface area contributed by atoms with Gasteiger partial charge in [0.25, 0.3) is 5.56 Å². The number of carboxylic acids is 1. The predicted molar refractivity (Wildman–Crippen MR) is 132 cm³/mol. The standard InChI is InChI=1S/C25H16F3N3O6S/c26-25(27,28)13-4-5-17-14(8-13)19(31-22(32)15-10-38-11-16(15)29-24(31)35)20(23(33)34)30(17)9-12-2-1-3-18-21(12)37-7-6-36-18/h1-5,8,10-11H,6-7,9H2,(H,29,35)(H,33,34). The molecule has 0 fully saturated rings. The van der Waals surface area contributed by atoms with Crippen LogP contribution in [0.1, 0.15) is 21.6 Å². The van der Waals surface area contributed by atoms with E-state index in [9.17, 15) is 32.7 Å². The van der Waals surface area contributed by atoms with Crippen molar-refractivity contribution >= 4 is 39.1 Å². The second-order valence-corrected chi connectivity index (χ2v) is 9.27. The number of alkyl halides is 3. The first kappa shape index (κ1) is 23.9. The maximum absolute atomic E-state index is 13.7. The molecule has 38 heavy (non-hydrogen) atoms. The summed E-state index contributed by atoms with van der Waals surface area (Å²) < 4.78 is 54.2. The van der Waals surface area contributed by atoms with Crippen molar-refractivity contribution in [1.82, 2.24) is 14.1 Å². The molecule has 6 rings (SSSR count). The van der Waals surface area contributed by atoms with Gasteiger partial charge in [-0.3, -0.25) is 4.79 Å². The number of aromatic amines is 1. The van der Waals surface area contributed by atoms with Crippen LogP contribution in [-0.2, 0) is 12.7 Å². The second-order valence-electron chi connectivity index (χ2n) is 8.53. The molecule has 3 aromatic heterocycles. The SMILES string of the molecule is O=C(O)c1c(-n2c(=O)[nH]c3cscc3c2=O)c2cc(C(F)(F)F)ccc2n1Cc1cccc2c1OCCO2. The Labute approximate surface area is 213 Å². The van der Waals surface area contributed by atoms with Crippen LogP contribution in [0, 0.1) is 0 Å². The predicted octanol–water partition coefficient (Wildman–Crippen LogP) is 4.23. The van der Waals surface area contributed by atoms with Gasteiger partial charge in [-0.25, -0.2) is 14.2 Å². The van der Waals surface area contributed by atoms with E-state index in [4.69, 9.17) is 9.47 Å². The molecule has 0 saturated carbocycles. The first-order valence-corrected chi connectivity index (χ1v) is 12.1. The van der Waals surface area contributed by atoms with Crippen molar-refractivity contribution in [2.75, 3.05) is 13.2 Å². The molecular weight excluding hydrogens is 527 g/mol. The lowest BCUT2D eigenvalue weighted by molar-refractivity contribution is -0.137. The molecule has 5 aromatic rings. The summed E-state index contributed by atoms with van der Waals surface area (Å²) in [7, 11) is 0. The monoisotopic (exact) mass is 543 g/mol. The van der Waals surface area contributed by atoms with Crippen molar-refractivity contribution < 1.29 is 32.5 Å². The number of halogens is 3. The number of nitrogens with one attached hydrogen (secondary N) is 1. The van der Waals surface area contributed by atoms with E-state index in [1.807, 2.05) is 0 Å². The highest BCUT2D eigenvalue weighted by Gasteiger charge is 2.34. The summed E-state index contributed by atoms with van der Waals surface area (Å²) in [4.78, 5) is 41.6. The van der Waals surface area contributed by atoms with Gasteiger partial charge >= 0.3 is 17.8 Å². The van der Waals surface area contributed by atoms with Crippen LogP contribution in [0.4, 0.5) is 13.2 Å². The number of benzene rings is 2. The molecule has 1 aliphatic rings. The molecule has 1 aliphatic heterocycles. The van der Waals surface area contributed by atoms with E-state index in [1.165, 1.54) is 15.3 Å². The summed E-state index contributed by atoms with van der Waals surface area (Å²) in [5, 5.41) is 13.2. The van der Waals surface area contributed by atoms with Crippen LogP contribution in [0.25, 0.3) is 27.5 Å². The van der Waals surface area contributed by atoms with Crippen LogP contribution in [0.2, 0.25) is 0 Å². The zero-order chi connectivity index (χ0) is 26.8. The Morgan fingerprint density at radius 2 is 1.87 bits per heavy atom. The molecule has 0 unspecified atom stereocenters. The lowest BCUT2D eigenvalue weighted by Gasteiger charge is -2.21. The highest BCUT2D eigenvalue weighted by Crippen LogP contribution is 2.38. The van der Waals surface area contributed by atoms with Crippen molar-refractivity contribution in [2.24, 2.45) is 0 Å². The van der Waals surface area contributed by atoms with Gasteiger partial charge in [-0.2, -0.15) is 13.2 Å². The van der Waals surface area contributed by atoms with Crippen LogP contribution in [0.3, 0.4) is 0 Å². The molecule has 0 atom stereocenters. The van der Waals surface area contributed by atoms with E-state index in [1.54, 1.807) is 18.2 Å². The molecule has 2 aromatic carbocycles. The van der Waals surface area contributed by atoms with E-state index in [0.717, 1.165) is 29.5 Å². The van der Waals surface area contributed by atoms with Gasteiger partial charge in [-0.1, -0.05) is 12.1 Å². The number of carboxylic acid groups (broad SMARTS) is 1. The number of aromatic carboxylic acids is 1. The highest BCUT2D eigenvalue weighted by atomic mass is 32.1. The van der Waals surface area contributed by atoms with Gasteiger partial charge in [0.05, 0.1) is 34.2 Å². The van der Waals surface area contributed by atoms with Crippen molar-refractivity contribution in [1.29, 1.82) is 0 Å². The van der Waals surface area contributed by atoms with Gasteiger partial charge in [0.1, 0.15) is 13.2 Å². The minimum Gasteiger partial charge on any atom is -0.486 e. The summed E-state index contributed by atoms with van der Waals surface area (Å²) in [6.45, 7) is 0.432. The fourth-order valence-electron chi connectivity index (χ4n) is 4.70. The summed E-state index contributed by atoms with van der Waals surface area (Å²) in [6.07, 6.45) is -4.75. The molecule has 9 nitrogen and oxygen atoms in total. The van der Waals surface area contributed by atoms with Gasteiger partial charge < -0.3 is 24.1 Å². The van der Waals surface area contributed by atoms with Gasteiger partial charge in [-0.05, 0) is 24.3 Å². The van der Waals surface area contributed by atoms with Gasteiger partial charge in [0.2, 0.25) is 0 Å². The van der Waals surface area contributed by atoms with Crippen LogP contribution in [0.15, 0.2) is 56.7 Å². The normalized spacial score (nSPS) is 13.3. The first-order chi connectivity index (χ1) is 18.1. The Morgan fingerprint density at radius 1 is 1.08 bits per heavy atom. The Bertz CT molecular complexity index is 1880. The summed E-state index contributed by atoms with van der Waals surface area (Å²) in [5.74, 6) is -0.721. The molecule has 0 saturated heterocycles. The molecule has 4 heterocycles. The van der Waals surface area contributed by atoms with Crippen molar-refractivity contribution in [3.8, 4) is 17.2 Å². The average Bonchev–Trinajstić information content (AvgIpc) is 3.47. The topological polar surface area (TPSA) is 116 Å². The fraction of sp³-hybridized carbons (Fsp3) is 0.160. The molecule has 13 heteroatoms. The molecule has 2 N–H and O–H groups in total. The van der Waals surface area contributed by atoms with Crippen LogP contribution in [-0.4, -0.2) is 38.4 Å². The largest absolute Gasteiger partial charge is 0.486 e. The molecular formula is C25H16F3N3O6S. The number of para-hydroxylation sites is 1. The summed E-state index contributed by atoms with van der Waals surface area (Å²) in [5.41, 5.74) is -3.05. The number of rotatable bonds is 4. The van der Waals surface area contributed by atoms with Crippen LogP contribution in [0.5, 0.6) is 11.5 Å². The minimum absolute atomic E-state index is 0.0800. The smallest absolute Gasteiger partial charge is 0.416 e. The van der Waals surface area contributed by atoms with E-state index in [2.05, 4.69) is 4.98 Å². The third-order valence-electron chi connectivity index (χ3n) is 6.31. The van der Waals surface area contributed by atoms with Gasteiger partial charge in [-0.15, -0.1) is 11.3 Å². The molecule has 0 spiro atoms. The molecule has 0 bridgehead atoms. The quantitative estimate of drug-likeness (QED) is 0.351. The Balaban J connectivity index is 1.71. The number of hydrogen-bond donors (Lipinski definition) is 2. The minimum atomic E-state index is -4.75. The number of carbonyl (C=O) groups is 1. The zero-order valence-corrected chi connectivity index (χ0v) is 20.0. The summed E-state index contributed by atoms with van der Waals surface area (Å²) in [6, 6.07) is 7.73. The molecule has 0 aliphatic carbocycles. The number of thiophene rings is 1. The number of aromatic nitrogens is 3. The van der Waals surface area contributed by atoms with Crippen LogP contribution < -0.4 is 20.7 Å². The highest BCUT2D eigenvalue weighted by molar-refractivity contribution is 7.09. The molecule has 194 valence electrons. The Hall–Kier alpha value is -4.52. The van der Waals surface area contributed by atoms with Gasteiger partial charge in [0.15, 0.2) is 17.2 Å². The van der Waals surface area contributed by atoms with Crippen LogP contribution >= 0.6 is 11.3 Å². The first-order valence-electron chi connectivity index (χ1n) is 11.2. The van der Waals surface area contributed by atoms with Crippen molar-refractivity contribution in [3.05, 3.63) is 84.8 Å². The summed E-state index contributed by atoms with van der Waals surface area (Å²) >= 11 is 1.14. The number of fused-ring (bicyclic) bond motifs is 3. The Morgan fingerprint density at radius 3 is 2.63 bits per heavy atom. The third-order valence-corrected chi connectivity index (χ3v) is 7.05. The average molecular weight is 543 g/mol. The fourth-order valence-corrected chi connectivity index (χ4v) is 5.45. The van der Waals surface area contributed by atoms with Gasteiger partial charge in [0, 0.05) is 21.7 Å². The lowest BCUT2D eigenvalue weighted by atomic mass is 10.1. The second kappa shape index (κ2) is 8.52. The maximum atomic E-state index is 13.7. The maximum Gasteiger partial charge on any atom is 0.416 e. The van der Waals surface area contributed by atoms with E-state index in [-0.39, 0.29) is 35.0 Å². The number of hydrogen-bond acceptors (Lipinski definition) is 6. The van der Waals surface area contributed by atoms with Crippen molar-refractivity contribution in [2.45, 2.75) is 12.7 Å². The van der Waals surface area contributed by atoms with E-state index < -0.39 is 40.3 Å². The van der Waals surface area contributed by atoms with Crippen molar-refractivity contribution in [3.63, 3.8) is 0 Å². The van der Waals surface area contributed by atoms with E-state index in [0.29, 0.717) is 28.2 Å².